The molecule has 0 aromatic heterocycles. The number of nitrogens with zero attached hydrogens (tertiary/aromatic N) is 1. The van der Waals surface area contributed by atoms with E-state index in [1.165, 1.54) is 38.8 Å². The highest BCUT2D eigenvalue weighted by atomic mass is 32.2. The zero-order valence-electron chi connectivity index (χ0n) is 9.94. The molecule has 1 N–H and O–H groups in total. The molecule has 0 aromatic carbocycles. The maximum absolute atomic E-state index is 9.19. The Morgan fingerprint density at radius 1 is 1.33 bits per heavy atom. The van der Waals surface area contributed by atoms with Gasteiger partial charge in [0.05, 0.1) is 6.26 Å². The van der Waals surface area contributed by atoms with Gasteiger partial charge in [0.2, 0.25) is 0 Å². The molecule has 0 amide bonds. The highest BCUT2D eigenvalue weighted by molar-refractivity contribution is 7.85. The van der Waals surface area contributed by atoms with Crippen molar-refractivity contribution in [2.45, 2.75) is 45.6 Å². The van der Waals surface area contributed by atoms with Gasteiger partial charge in [0.15, 0.2) is 0 Å². The Labute approximate surface area is 93.4 Å². The van der Waals surface area contributed by atoms with Crippen LogP contribution in [0.5, 0.6) is 0 Å². The van der Waals surface area contributed by atoms with E-state index < -0.39 is 10.1 Å². The van der Waals surface area contributed by atoms with Crippen molar-refractivity contribution in [3.8, 4) is 0 Å². The fourth-order valence-corrected chi connectivity index (χ4v) is 1.94. The Morgan fingerprint density at radius 3 is 2.20 bits per heavy atom. The van der Waals surface area contributed by atoms with Crippen LogP contribution in [-0.2, 0) is 10.1 Å². The second-order valence-electron chi connectivity index (χ2n) is 3.92. The van der Waals surface area contributed by atoms with Crippen LogP contribution in [0.4, 0.5) is 0 Å². The van der Waals surface area contributed by atoms with Gasteiger partial charge in [-0.3, -0.25) is 4.55 Å². The van der Waals surface area contributed by atoms with Gasteiger partial charge >= 0.3 is 0 Å². The summed E-state index contributed by atoms with van der Waals surface area (Å²) in [5.41, 5.74) is 0. The molecule has 1 aliphatic rings. The standard InChI is InChI=1S/C9H19N.CH4O3S/c1-3-9-7-5-6-8-10(9)4-2;1-5(2,3)4/h9H,3-8H2,1-2H3;1H3,(H,2,3,4). The van der Waals surface area contributed by atoms with E-state index in [4.69, 9.17) is 4.55 Å². The summed E-state index contributed by atoms with van der Waals surface area (Å²) in [5.74, 6) is 0. The molecule has 0 bridgehead atoms. The number of hydrogen-bond acceptors (Lipinski definition) is 3. The molecule has 0 saturated carbocycles. The van der Waals surface area contributed by atoms with Crippen molar-refractivity contribution in [3.05, 3.63) is 0 Å². The number of rotatable bonds is 2. The van der Waals surface area contributed by atoms with E-state index in [1.54, 1.807) is 0 Å². The molecule has 1 saturated heterocycles. The smallest absolute Gasteiger partial charge is 0.261 e. The molecule has 1 heterocycles. The summed E-state index contributed by atoms with van der Waals surface area (Å²) in [6.07, 6.45) is 6.37. The van der Waals surface area contributed by atoms with Crippen LogP contribution in [0.15, 0.2) is 0 Å². The first kappa shape index (κ1) is 14.9. The van der Waals surface area contributed by atoms with E-state index in [-0.39, 0.29) is 0 Å². The minimum Gasteiger partial charge on any atom is -0.301 e. The maximum atomic E-state index is 9.19. The normalized spacial score (nSPS) is 23.1. The summed E-state index contributed by atoms with van der Waals surface area (Å²) in [7, 11) is -3.67. The van der Waals surface area contributed by atoms with E-state index in [0.717, 1.165) is 6.04 Å². The van der Waals surface area contributed by atoms with Crippen molar-refractivity contribution >= 4 is 10.1 Å². The zero-order chi connectivity index (χ0) is 11.9. The number of piperidine rings is 1. The van der Waals surface area contributed by atoms with Crippen molar-refractivity contribution in [2.75, 3.05) is 19.3 Å². The van der Waals surface area contributed by atoms with E-state index in [0.29, 0.717) is 6.26 Å². The molecule has 92 valence electrons. The van der Waals surface area contributed by atoms with E-state index in [2.05, 4.69) is 18.7 Å². The van der Waals surface area contributed by atoms with Gasteiger partial charge in [0.25, 0.3) is 10.1 Å². The lowest BCUT2D eigenvalue weighted by Crippen LogP contribution is -2.38. The Bertz CT molecular complexity index is 231. The summed E-state index contributed by atoms with van der Waals surface area (Å²) in [6.45, 7) is 7.17. The molecule has 1 unspecified atom stereocenters. The SMILES string of the molecule is CCC1CCCCN1CC.CS(=O)(=O)O. The third-order valence-electron chi connectivity index (χ3n) is 2.63. The van der Waals surface area contributed by atoms with Crippen LogP contribution in [0.3, 0.4) is 0 Å². The van der Waals surface area contributed by atoms with Gasteiger partial charge in [-0.15, -0.1) is 0 Å². The zero-order valence-corrected chi connectivity index (χ0v) is 10.8. The molecule has 1 atom stereocenters. The second kappa shape index (κ2) is 7.19. The molecule has 1 aliphatic heterocycles. The van der Waals surface area contributed by atoms with E-state index in [9.17, 15) is 8.42 Å². The Hall–Kier alpha value is -0.130. The third-order valence-corrected chi connectivity index (χ3v) is 2.63. The Morgan fingerprint density at radius 2 is 1.87 bits per heavy atom. The van der Waals surface area contributed by atoms with Crippen LogP contribution in [0.2, 0.25) is 0 Å². The highest BCUT2D eigenvalue weighted by Gasteiger charge is 2.17. The third kappa shape index (κ3) is 8.84. The molecule has 0 aromatic rings. The Kier molecular flexibility index (Phi) is 7.13. The molecular weight excluding hydrogens is 214 g/mol. The van der Waals surface area contributed by atoms with Crippen LogP contribution in [-0.4, -0.2) is 43.3 Å². The molecule has 1 rings (SSSR count). The molecule has 0 radical (unpaired) electrons. The van der Waals surface area contributed by atoms with Crippen molar-refractivity contribution in [1.82, 2.24) is 4.90 Å². The molecule has 15 heavy (non-hydrogen) atoms. The minimum atomic E-state index is -3.67. The van der Waals surface area contributed by atoms with Gasteiger partial charge in [-0.2, -0.15) is 8.42 Å². The number of likely N-dealkylation sites (tertiary alicyclic amines) is 1. The predicted octanol–water partition coefficient (Wildman–Crippen LogP) is 1.77. The van der Waals surface area contributed by atoms with E-state index in [1.807, 2.05) is 0 Å². The summed E-state index contributed by atoms with van der Waals surface area (Å²) < 4.78 is 25.9. The first-order chi connectivity index (χ1) is 6.88. The quantitative estimate of drug-likeness (QED) is 0.744. The summed E-state index contributed by atoms with van der Waals surface area (Å²) >= 11 is 0. The van der Waals surface area contributed by atoms with Crippen LogP contribution in [0, 0.1) is 0 Å². The van der Waals surface area contributed by atoms with Crippen molar-refractivity contribution in [2.24, 2.45) is 0 Å². The first-order valence-electron chi connectivity index (χ1n) is 5.55. The minimum absolute atomic E-state index is 0.715. The van der Waals surface area contributed by atoms with Crippen molar-refractivity contribution in [3.63, 3.8) is 0 Å². The van der Waals surface area contributed by atoms with Crippen LogP contribution in [0.1, 0.15) is 39.5 Å². The number of hydrogen-bond donors (Lipinski definition) is 1. The van der Waals surface area contributed by atoms with Gasteiger partial charge in [0, 0.05) is 6.04 Å². The average molecular weight is 237 g/mol. The molecule has 5 heteroatoms. The summed E-state index contributed by atoms with van der Waals surface area (Å²) in [4.78, 5) is 2.61. The molecular formula is C10H23NO3S. The molecule has 1 fully saturated rings. The van der Waals surface area contributed by atoms with Crippen molar-refractivity contribution < 1.29 is 13.0 Å². The topological polar surface area (TPSA) is 57.6 Å². The molecule has 0 aliphatic carbocycles. The first-order valence-corrected chi connectivity index (χ1v) is 7.39. The van der Waals surface area contributed by atoms with Gasteiger partial charge < -0.3 is 4.90 Å². The van der Waals surface area contributed by atoms with Crippen LogP contribution < -0.4 is 0 Å². The molecule has 4 nitrogen and oxygen atoms in total. The van der Waals surface area contributed by atoms with Gasteiger partial charge in [-0.25, -0.2) is 0 Å². The van der Waals surface area contributed by atoms with Crippen molar-refractivity contribution in [1.29, 1.82) is 0 Å². The van der Waals surface area contributed by atoms with Gasteiger partial charge in [-0.05, 0) is 32.4 Å². The van der Waals surface area contributed by atoms with Gasteiger partial charge in [-0.1, -0.05) is 20.3 Å². The Balaban J connectivity index is 0.000000336. The predicted molar refractivity (Wildman–Crippen MR) is 62.6 cm³/mol. The van der Waals surface area contributed by atoms with Crippen LogP contribution in [0.25, 0.3) is 0 Å². The summed E-state index contributed by atoms with van der Waals surface area (Å²) in [5, 5.41) is 0. The fourth-order valence-electron chi connectivity index (χ4n) is 1.94. The maximum Gasteiger partial charge on any atom is 0.261 e. The monoisotopic (exact) mass is 237 g/mol. The summed E-state index contributed by atoms with van der Waals surface area (Å²) in [6, 6.07) is 0.902. The highest BCUT2D eigenvalue weighted by Crippen LogP contribution is 2.18. The largest absolute Gasteiger partial charge is 0.301 e. The molecule has 0 spiro atoms. The fraction of sp³-hybridized carbons (Fsp3) is 1.00. The lowest BCUT2D eigenvalue weighted by molar-refractivity contribution is 0.152. The second-order valence-corrected chi connectivity index (χ2v) is 5.39. The van der Waals surface area contributed by atoms with E-state index >= 15 is 0 Å². The lowest BCUT2D eigenvalue weighted by atomic mass is 10.0. The lowest BCUT2D eigenvalue weighted by Gasteiger charge is -2.34. The average Bonchev–Trinajstić information content (AvgIpc) is 2.15. The van der Waals surface area contributed by atoms with Gasteiger partial charge in [0.1, 0.15) is 0 Å². The van der Waals surface area contributed by atoms with Crippen LogP contribution >= 0.6 is 0 Å².